The van der Waals surface area contributed by atoms with E-state index < -0.39 is 24.3 Å². The molecule has 0 aromatic carbocycles. The summed E-state index contributed by atoms with van der Waals surface area (Å²) >= 11 is 0. The van der Waals surface area contributed by atoms with Gasteiger partial charge in [-0.05, 0) is 18.6 Å². The van der Waals surface area contributed by atoms with E-state index in [0.29, 0.717) is 0 Å². The predicted molar refractivity (Wildman–Crippen MR) is 54.3 cm³/mol. The van der Waals surface area contributed by atoms with Crippen LogP contribution in [0.3, 0.4) is 0 Å². The van der Waals surface area contributed by atoms with Crippen LogP contribution in [0.15, 0.2) is 12.3 Å². The van der Waals surface area contributed by atoms with Gasteiger partial charge in [0.1, 0.15) is 11.8 Å². The summed E-state index contributed by atoms with van der Waals surface area (Å²) in [5.41, 5.74) is -1.57. The van der Waals surface area contributed by atoms with Crippen LogP contribution in [0.2, 0.25) is 0 Å². The van der Waals surface area contributed by atoms with Crippen molar-refractivity contribution in [1.82, 2.24) is 4.98 Å². The molecule has 0 unspecified atom stereocenters. The molecule has 0 aliphatic carbocycles. The Bertz CT molecular complexity index is 492. The number of hydrogen-bond donors (Lipinski definition) is 0. The number of halogens is 3. The normalized spacial score (nSPS) is 10.8. The first kappa shape index (κ1) is 14.0. The molecule has 18 heavy (non-hydrogen) atoms. The summed E-state index contributed by atoms with van der Waals surface area (Å²) in [7, 11) is 0. The van der Waals surface area contributed by atoms with Gasteiger partial charge in [0, 0.05) is 6.20 Å². The number of pyridine rings is 1. The number of rotatable bonds is 3. The van der Waals surface area contributed by atoms with Crippen molar-refractivity contribution in [2.45, 2.75) is 19.5 Å². The topological polar surface area (TPSA) is 63.0 Å². The lowest BCUT2D eigenvalue weighted by molar-refractivity contribution is -0.144. The van der Waals surface area contributed by atoms with Gasteiger partial charge < -0.3 is 4.74 Å². The summed E-state index contributed by atoms with van der Waals surface area (Å²) in [4.78, 5) is 14.4. The average Bonchev–Trinajstić information content (AvgIpc) is 2.27. The molecule has 96 valence electrons. The number of esters is 1. The maximum atomic E-state index is 12.6. The Morgan fingerprint density at radius 3 is 2.72 bits per heavy atom. The standard InChI is InChI=1S/C11H9F3N2O2/c1-2-18-9(17)4-8-3-7(5-15)6-16-10(8)11(12,13)14/h3,6H,2,4H2,1H3. The molecule has 0 spiro atoms. The molecular formula is C11H9F3N2O2. The van der Waals surface area contributed by atoms with Gasteiger partial charge in [0.05, 0.1) is 18.6 Å². The number of aromatic nitrogens is 1. The molecule has 0 atom stereocenters. The van der Waals surface area contributed by atoms with Gasteiger partial charge in [-0.15, -0.1) is 0 Å². The second-order valence-corrected chi connectivity index (χ2v) is 3.32. The molecule has 0 radical (unpaired) electrons. The van der Waals surface area contributed by atoms with Crippen LogP contribution in [0.5, 0.6) is 0 Å². The first-order chi connectivity index (χ1) is 8.38. The van der Waals surface area contributed by atoms with Crippen molar-refractivity contribution in [2.75, 3.05) is 6.61 Å². The largest absolute Gasteiger partial charge is 0.466 e. The molecule has 4 nitrogen and oxygen atoms in total. The highest BCUT2D eigenvalue weighted by Gasteiger charge is 2.35. The van der Waals surface area contributed by atoms with E-state index in [4.69, 9.17) is 5.26 Å². The van der Waals surface area contributed by atoms with Gasteiger partial charge in [-0.1, -0.05) is 0 Å². The summed E-state index contributed by atoms with van der Waals surface area (Å²) in [6.45, 7) is 1.62. The molecule has 0 N–H and O–H groups in total. The van der Waals surface area contributed by atoms with Crippen LogP contribution in [-0.2, 0) is 22.1 Å². The first-order valence-corrected chi connectivity index (χ1v) is 5.00. The zero-order chi connectivity index (χ0) is 13.8. The molecule has 0 saturated heterocycles. The van der Waals surface area contributed by atoms with Crippen molar-refractivity contribution < 1.29 is 22.7 Å². The Kier molecular flexibility index (Phi) is 4.26. The van der Waals surface area contributed by atoms with E-state index in [1.807, 2.05) is 0 Å². The zero-order valence-corrected chi connectivity index (χ0v) is 9.41. The Hall–Kier alpha value is -2.10. The van der Waals surface area contributed by atoms with Crippen molar-refractivity contribution in [2.24, 2.45) is 0 Å². The average molecular weight is 258 g/mol. The lowest BCUT2D eigenvalue weighted by Crippen LogP contribution is -2.16. The Morgan fingerprint density at radius 1 is 1.56 bits per heavy atom. The van der Waals surface area contributed by atoms with Gasteiger partial charge in [0.25, 0.3) is 0 Å². The molecule has 1 rings (SSSR count). The fourth-order valence-corrected chi connectivity index (χ4v) is 1.33. The van der Waals surface area contributed by atoms with Crippen molar-refractivity contribution >= 4 is 5.97 Å². The number of alkyl halides is 3. The lowest BCUT2D eigenvalue weighted by atomic mass is 10.1. The Morgan fingerprint density at radius 2 is 2.22 bits per heavy atom. The maximum Gasteiger partial charge on any atom is 0.433 e. The van der Waals surface area contributed by atoms with E-state index in [-0.39, 0.29) is 17.7 Å². The summed E-state index contributed by atoms with van der Waals surface area (Å²) in [5.74, 6) is -0.792. The van der Waals surface area contributed by atoms with Crippen LogP contribution in [0.4, 0.5) is 13.2 Å². The fraction of sp³-hybridized carbons (Fsp3) is 0.364. The molecule has 1 heterocycles. The molecule has 0 amide bonds. The fourth-order valence-electron chi connectivity index (χ4n) is 1.33. The number of nitrogens with zero attached hydrogens (tertiary/aromatic N) is 2. The van der Waals surface area contributed by atoms with E-state index in [0.717, 1.165) is 12.3 Å². The zero-order valence-electron chi connectivity index (χ0n) is 9.41. The Labute approximate surface area is 101 Å². The predicted octanol–water partition coefficient (Wildman–Crippen LogP) is 2.08. The molecule has 0 saturated carbocycles. The van der Waals surface area contributed by atoms with Crippen LogP contribution in [0, 0.1) is 11.3 Å². The summed E-state index contributed by atoms with van der Waals surface area (Å²) < 4.78 is 42.4. The van der Waals surface area contributed by atoms with Crippen LogP contribution < -0.4 is 0 Å². The third kappa shape index (κ3) is 3.45. The van der Waals surface area contributed by atoms with Gasteiger partial charge in [0.15, 0.2) is 0 Å². The molecule has 1 aromatic rings. The highest BCUT2D eigenvalue weighted by atomic mass is 19.4. The van der Waals surface area contributed by atoms with Gasteiger partial charge in [-0.25, -0.2) is 0 Å². The minimum atomic E-state index is -4.67. The van der Waals surface area contributed by atoms with Crippen molar-refractivity contribution in [3.63, 3.8) is 0 Å². The molecule has 0 bridgehead atoms. The third-order valence-corrected chi connectivity index (χ3v) is 2.00. The monoisotopic (exact) mass is 258 g/mol. The summed E-state index contributed by atoms with van der Waals surface area (Å²) in [6, 6.07) is 2.66. The smallest absolute Gasteiger partial charge is 0.433 e. The van der Waals surface area contributed by atoms with Crippen LogP contribution in [0.25, 0.3) is 0 Å². The number of carbonyl (C=O) groups excluding carboxylic acids is 1. The van der Waals surface area contributed by atoms with Gasteiger partial charge >= 0.3 is 12.1 Å². The van der Waals surface area contributed by atoms with Gasteiger partial charge in [-0.3, -0.25) is 9.78 Å². The molecular weight excluding hydrogens is 249 g/mol. The van der Waals surface area contributed by atoms with Crippen molar-refractivity contribution in [3.05, 3.63) is 29.1 Å². The number of hydrogen-bond acceptors (Lipinski definition) is 4. The maximum absolute atomic E-state index is 12.6. The van der Waals surface area contributed by atoms with E-state index in [9.17, 15) is 18.0 Å². The van der Waals surface area contributed by atoms with Gasteiger partial charge in [-0.2, -0.15) is 18.4 Å². The third-order valence-electron chi connectivity index (χ3n) is 2.00. The highest BCUT2D eigenvalue weighted by Crippen LogP contribution is 2.30. The van der Waals surface area contributed by atoms with Gasteiger partial charge in [0.2, 0.25) is 0 Å². The van der Waals surface area contributed by atoms with Crippen LogP contribution in [0.1, 0.15) is 23.7 Å². The van der Waals surface area contributed by atoms with Crippen molar-refractivity contribution in [3.8, 4) is 6.07 Å². The highest BCUT2D eigenvalue weighted by molar-refractivity contribution is 5.73. The second-order valence-electron chi connectivity index (χ2n) is 3.32. The number of nitriles is 1. The number of carbonyl (C=O) groups is 1. The number of ether oxygens (including phenoxy) is 1. The molecule has 0 aliphatic rings. The minimum absolute atomic E-state index is 0.0395. The minimum Gasteiger partial charge on any atom is -0.466 e. The van der Waals surface area contributed by atoms with E-state index in [1.165, 1.54) is 0 Å². The van der Waals surface area contributed by atoms with Crippen LogP contribution >= 0.6 is 0 Å². The molecule has 0 fully saturated rings. The van der Waals surface area contributed by atoms with E-state index in [1.54, 1.807) is 13.0 Å². The quantitative estimate of drug-likeness (QED) is 0.778. The van der Waals surface area contributed by atoms with Crippen molar-refractivity contribution in [1.29, 1.82) is 5.26 Å². The molecule has 0 aliphatic heterocycles. The lowest BCUT2D eigenvalue weighted by Gasteiger charge is -2.11. The first-order valence-electron chi connectivity index (χ1n) is 5.00. The molecule has 1 aromatic heterocycles. The summed E-state index contributed by atoms with van der Waals surface area (Å²) in [6.07, 6.45) is -4.42. The van der Waals surface area contributed by atoms with Crippen LogP contribution in [-0.4, -0.2) is 17.6 Å². The second kappa shape index (κ2) is 5.49. The SMILES string of the molecule is CCOC(=O)Cc1cc(C#N)cnc1C(F)(F)F. The Balaban J connectivity index is 3.13. The van der Waals surface area contributed by atoms with E-state index in [2.05, 4.69) is 9.72 Å². The summed E-state index contributed by atoms with van der Waals surface area (Å²) in [5, 5.41) is 8.61. The molecule has 7 heteroatoms. The van der Waals surface area contributed by atoms with E-state index >= 15 is 0 Å².